The number of benzene rings is 4. The summed E-state index contributed by atoms with van der Waals surface area (Å²) in [6.45, 7) is 0. The van der Waals surface area contributed by atoms with E-state index in [0.717, 1.165) is 49.9 Å². The Hall–Kier alpha value is -4.63. The smallest absolute Gasteiger partial charge is 0.215 e. The van der Waals surface area contributed by atoms with E-state index < -0.39 is 0 Å². The molecule has 0 bridgehead atoms. The first-order valence-electron chi connectivity index (χ1n) is 11.4. The van der Waals surface area contributed by atoms with Crippen molar-refractivity contribution in [1.29, 1.82) is 0 Å². The second kappa shape index (κ2) is 7.46. The van der Waals surface area contributed by atoms with Gasteiger partial charge in [-0.15, -0.1) is 0 Å². The highest BCUT2D eigenvalue weighted by Crippen LogP contribution is 2.39. The molecule has 0 amide bonds. The third-order valence-corrected chi connectivity index (χ3v) is 6.43. The minimum atomic E-state index is 0.819. The van der Waals surface area contributed by atoms with Gasteiger partial charge >= 0.3 is 0 Å². The Bertz CT molecular complexity index is 1740. The number of furan rings is 1. The topological polar surface area (TPSA) is 31.0 Å². The van der Waals surface area contributed by atoms with E-state index in [0.29, 0.717) is 0 Å². The molecule has 3 nitrogen and oxygen atoms in total. The third kappa shape index (κ3) is 2.87. The molecular formula is C31H20N2O. The van der Waals surface area contributed by atoms with Gasteiger partial charge in [0.15, 0.2) is 0 Å². The molecule has 0 saturated carbocycles. The van der Waals surface area contributed by atoms with Crippen molar-refractivity contribution in [2.45, 2.75) is 0 Å². The van der Waals surface area contributed by atoms with Crippen molar-refractivity contribution >= 4 is 33.1 Å². The lowest BCUT2D eigenvalue weighted by Crippen LogP contribution is -1.95. The first-order chi connectivity index (χ1) is 16.9. The van der Waals surface area contributed by atoms with Gasteiger partial charge in [-0.3, -0.25) is 9.55 Å². The number of para-hydroxylation sites is 1. The summed E-state index contributed by atoms with van der Waals surface area (Å²) in [4.78, 5) is 4.76. The van der Waals surface area contributed by atoms with E-state index in [1.807, 2.05) is 30.5 Å². The minimum Gasteiger partial charge on any atom is -0.439 e. The Morgan fingerprint density at radius 3 is 1.94 bits per heavy atom. The number of pyridine rings is 1. The van der Waals surface area contributed by atoms with Gasteiger partial charge in [0.2, 0.25) is 5.71 Å². The van der Waals surface area contributed by atoms with E-state index in [9.17, 15) is 0 Å². The quantitative estimate of drug-likeness (QED) is 0.279. The summed E-state index contributed by atoms with van der Waals surface area (Å²) in [7, 11) is 0. The Labute approximate surface area is 196 Å². The fraction of sp³-hybridized carbons (Fsp3) is 0. The minimum absolute atomic E-state index is 0.819. The van der Waals surface area contributed by atoms with Crippen LogP contribution in [-0.2, 0) is 0 Å². The summed E-state index contributed by atoms with van der Waals surface area (Å²) in [6, 6.07) is 40.0. The maximum atomic E-state index is 6.44. The second-order valence-corrected chi connectivity index (χ2v) is 8.49. The Balaban J connectivity index is 1.59. The van der Waals surface area contributed by atoms with Crippen LogP contribution in [0.15, 0.2) is 126 Å². The molecule has 0 unspecified atom stereocenters. The molecule has 0 saturated heterocycles. The molecule has 7 rings (SSSR count). The van der Waals surface area contributed by atoms with Crippen molar-refractivity contribution in [1.82, 2.24) is 9.55 Å². The zero-order valence-corrected chi connectivity index (χ0v) is 18.3. The van der Waals surface area contributed by atoms with Gasteiger partial charge in [-0.25, -0.2) is 0 Å². The van der Waals surface area contributed by atoms with E-state index in [1.54, 1.807) is 0 Å². The van der Waals surface area contributed by atoms with Crippen molar-refractivity contribution in [3.05, 3.63) is 121 Å². The van der Waals surface area contributed by atoms with Crippen molar-refractivity contribution < 1.29 is 4.42 Å². The molecule has 0 aliphatic carbocycles. The molecule has 0 N–H and O–H groups in total. The van der Waals surface area contributed by atoms with Gasteiger partial charge < -0.3 is 4.42 Å². The number of aromatic nitrogens is 2. The van der Waals surface area contributed by atoms with Crippen molar-refractivity contribution in [3.8, 4) is 27.9 Å². The fourth-order valence-corrected chi connectivity index (χ4v) is 4.89. The average Bonchev–Trinajstić information content (AvgIpc) is 3.44. The van der Waals surface area contributed by atoms with Crippen molar-refractivity contribution in [3.63, 3.8) is 0 Å². The first kappa shape index (κ1) is 18.9. The van der Waals surface area contributed by atoms with Crippen LogP contribution < -0.4 is 0 Å². The van der Waals surface area contributed by atoms with E-state index >= 15 is 0 Å². The summed E-state index contributed by atoms with van der Waals surface area (Å²) in [5.41, 5.74) is 9.40. The predicted octanol–water partition coefficient (Wildman–Crippen LogP) is 8.26. The Kier molecular flexibility index (Phi) is 4.15. The molecule has 34 heavy (non-hydrogen) atoms. The molecule has 3 aromatic heterocycles. The molecule has 0 atom stereocenters. The van der Waals surface area contributed by atoms with Gasteiger partial charge in [0.25, 0.3) is 0 Å². The summed E-state index contributed by atoms with van der Waals surface area (Å²) in [6.07, 6.45) is 1.85. The summed E-state index contributed by atoms with van der Waals surface area (Å²) in [5.74, 6) is 0. The third-order valence-electron chi connectivity index (χ3n) is 6.43. The zero-order chi connectivity index (χ0) is 22.5. The highest BCUT2D eigenvalue weighted by Gasteiger charge is 2.20. The largest absolute Gasteiger partial charge is 0.439 e. The molecule has 0 aliphatic heterocycles. The summed E-state index contributed by atoms with van der Waals surface area (Å²) in [5, 5.41) is 2.14. The van der Waals surface area contributed by atoms with Gasteiger partial charge in [-0.05, 0) is 58.7 Å². The zero-order valence-electron chi connectivity index (χ0n) is 18.3. The van der Waals surface area contributed by atoms with Crippen LogP contribution >= 0.6 is 0 Å². The maximum absolute atomic E-state index is 6.44. The molecule has 7 aromatic rings. The number of nitrogens with zero attached hydrogens (tertiary/aromatic N) is 2. The SMILES string of the molecule is c1ccc(-c2cc(-c3ccccc3)cc(-n3c4cccnc4c4c5ccccc5oc43)c2)cc1. The molecule has 0 fully saturated rings. The molecule has 160 valence electrons. The van der Waals surface area contributed by atoms with Crippen LogP contribution in [-0.4, -0.2) is 9.55 Å². The number of fused-ring (bicyclic) bond motifs is 5. The monoisotopic (exact) mass is 436 g/mol. The Morgan fingerprint density at radius 2 is 1.24 bits per heavy atom. The molecule has 3 heterocycles. The average molecular weight is 437 g/mol. The van der Waals surface area contributed by atoms with Gasteiger partial charge in [-0.2, -0.15) is 0 Å². The van der Waals surface area contributed by atoms with E-state index in [-0.39, 0.29) is 0 Å². The van der Waals surface area contributed by atoms with Crippen molar-refractivity contribution in [2.24, 2.45) is 0 Å². The van der Waals surface area contributed by atoms with E-state index in [4.69, 9.17) is 9.40 Å². The standard InChI is InChI=1S/C31H20N2O/c1-3-10-21(11-4-1)23-18-24(22-12-5-2-6-13-22)20-25(19-23)33-27-15-9-17-32-30(27)29-26-14-7-8-16-28(26)34-31(29)33/h1-20H. The molecule has 3 heteroatoms. The van der Waals surface area contributed by atoms with Gasteiger partial charge in [0.05, 0.1) is 16.6 Å². The van der Waals surface area contributed by atoms with Gasteiger partial charge in [0.1, 0.15) is 11.1 Å². The highest BCUT2D eigenvalue weighted by atomic mass is 16.3. The van der Waals surface area contributed by atoms with Crippen LogP contribution in [0.25, 0.3) is 61.0 Å². The molecule has 0 radical (unpaired) electrons. The highest BCUT2D eigenvalue weighted by molar-refractivity contribution is 6.18. The van der Waals surface area contributed by atoms with Gasteiger partial charge in [0, 0.05) is 11.6 Å². The molecule has 4 aromatic carbocycles. The lowest BCUT2D eigenvalue weighted by Gasteiger charge is -2.13. The molecule has 0 spiro atoms. The fourth-order valence-electron chi connectivity index (χ4n) is 4.89. The maximum Gasteiger partial charge on any atom is 0.215 e. The van der Waals surface area contributed by atoms with Crippen LogP contribution in [0.4, 0.5) is 0 Å². The number of rotatable bonds is 3. The van der Waals surface area contributed by atoms with E-state index in [2.05, 4.69) is 95.6 Å². The lowest BCUT2D eigenvalue weighted by atomic mass is 9.98. The Morgan fingerprint density at radius 1 is 0.588 bits per heavy atom. The van der Waals surface area contributed by atoms with Crippen molar-refractivity contribution in [2.75, 3.05) is 0 Å². The normalized spacial score (nSPS) is 11.5. The van der Waals surface area contributed by atoms with Crippen LogP contribution in [0.1, 0.15) is 0 Å². The number of hydrogen-bond acceptors (Lipinski definition) is 2. The summed E-state index contributed by atoms with van der Waals surface area (Å²) < 4.78 is 8.64. The molecular weight excluding hydrogens is 416 g/mol. The lowest BCUT2D eigenvalue weighted by molar-refractivity contribution is 0.645. The second-order valence-electron chi connectivity index (χ2n) is 8.49. The van der Waals surface area contributed by atoms with Crippen LogP contribution in [0.3, 0.4) is 0 Å². The van der Waals surface area contributed by atoms with Crippen LogP contribution in [0, 0.1) is 0 Å². The summed E-state index contributed by atoms with van der Waals surface area (Å²) >= 11 is 0. The molecule has 0 aliphatic rings. The predicted molar refractivity (Wildman–Crippen MR) is 139 cm³/mol. The van der Waals surface area contributed by atoms with Gasteiger partial charge in [-0.1, -0.05) is 78.9 Å². The van der Waals surface area contributed by atoms with Crippen LogP contribution in [0.2, 0.25) is 0 Å². The first-order valence-corrected chi connectivity index (χ1v) is 11.4. The number of hydrogen-bond donors (Lipinski definition) is 0. The van der Waals surface area contributed by atoms with Crippen LogP contribution in [0.5, 0.6) is 0 Å². The van der Waals surface area contributed by atoms with E-state index in [1.165, 1.54) is 11.1 Å².